The average molecular weight is 605 g/mol. The van der Waals surface area contributed by atoms with Gasteiger partial charge in [-0.05, 0) is 79.8 Å². The maximum Gasteiger partial charge on any atom is 0.290 e. The molecular formula is C31H33FN6O4S. The van der Waals surface area contributed by atoms with Crippen molar-refractivity contribution in [2.45, 2.75) is 25.3 Å². The Morgan fingerprint density at radius 1 is 0.930 bits per heavy atom. The van der Waals surface area contributed by atoms with Crippen molar-refractivity contribution >= 4 is 44.6 Å². The van der Waals surface area contributed by atoms with E-state index in [1.54, 1.807) is 24.3 Å². The first-order chi connectivity index (χ1) is 20.8. The molecule has 0 radical (unpaired) electrons. The van der Waals surface area contributed by atoms with Gasteiger partial charge in [-0.3, -0.25) is 9.52 Å². The molecule has 12 heteroatoms. The fourth-order valence-electron chi connectivity index (χ4n) is 4.52. The molecule has 0 unspecified atom stereocenters. The van der Waals surface area contributed by atoms with Gasteiger partial charge in [0.05, 0.1) is 10.6 Å². The molecule has 0 bridgehead atoms. The lowest BCUT2D eigenvalue weighted by Gasteiger charge is -2.18. The van der Waals surface area contributed by atoms with E-state index < -0.39 is 15.8 Å². The monoisotopic (exact) mass is 604 g/mol. The molecular weight excluding hydrogens is 571 g/mol. The van der Waals surface area contributed by atoms with E-state index >= 15 is 0 Å². The van der Waals surface area contributed by atoms with Crippen molar-refractivity contribution in [3.8, 4) is 11.3 Å². The maximum atomic E-state index is 13.1. The second kappa shape index (κ2) is 14.4. The zero-order chi connectivity index (χ0) is 30.8. The lowest BCUT2D eigenvalue weighted by Crippen LogP contribution is -2.26. The minimum Gasteiger partial charge on any atom is -0.483 e. The van der Waals surface area contributed by atoms with E-state index in [4.69, 9.17) is 9.90 Å². The van der Waals surface area contributed by atoms with Gasteiger partial charge in [-0.15, -0.1) is 0 Å². The van der Waals surface area contributed by atoms with E-state index in [0.717, 1.165) is 60.6 Å². The normalized spacial score (nSPS) is 11.2. The highest BCUT2D eigenvalue weighted by Gasteiger charge is 2.14. The summed E-state index contributed by atoms with van der Waals surface area (Å²) in [5.41, 5.74) is 4.09. The first-order valence-corrected chi connectivity index (χ1v) is 15.1. The molecule has 0 spiro atoms. The van der Waals surface area contributed by atoms with Crippen molar-refractivity contribution in [1.29, 1.82) is 0 Å². The van der Waals surface area contributed by atoms with Crippen molar-refractivity contribution in [1.82, 2.24) is 19.4 Å². The Labute approximate surface area is 249 Å². The van der Waals surface area contributed by atoms with Crippen LogP contribution in [0.25, 0.3) is 22.2 Å². The van der Waals surface area contributed by atoms with Crippen LogP contribution in [0.15, 0.2) is 96.3 Å². The number of anilines is 3. The molecule has 0 amide bonds. The van der Waals surface area contributed by atoms with E-state index in [2.05, 4.69) is 73.8 Å². The van der Waals surface area contributed by atoms with Crippen LogP contribution in [0.2, 0.25) is 0 Å². The Hall–Kier alpha value is -4.81. The van der Waals surface area contributed by atoms with Crippen LogP contribution in [0.4, 0.5) is 21.6 Å². The number of carboxylic acid groups (broad SMARTS) is 1. The molecule has 2 aromatic heterocycles. The smallest absolute Gasteiger partial charge is 0.290 e. The fraction of sp³-hybridized carbons (Fsp3) is 0.194. The number of sulfonamides is 1. The highest BCUT2D eigenvalue weighted by Crippen LogP contribution is 2.26. The Balaban J connectivity index is 0.00000135. The zero-order valence-electron chi connectivity index (χ0n) is 23.8. The topological polar surface area (TPSA) is 129 Å². The van der Waals surface area contributed by atoms with Gasteiger partial charge in [-0.1, -0.05) is 19.9 Å². The molecule has 5 aromatic rings. The number of likely N-dealkylation sites (N-methyl/N-ethyl adjacent to an activating group) is 1. The Bertz CT molecular complexity index is 1760. The second-order valence-corrected chi connectivity index (χ2v) is 11.1. The predicted molar refractivity (Wildman–Crippen MR) is 166 cm³/mol. The number of benzene rings is 3. The molecule has 0 aliphatic carbocycles. The van der Waals surface area contributed by atoms with Gasteiger partial charge in [-0.25, -0.2) is 22.8 Å². The lowest BCUT2D eigenvalue weighted by molar-refractivity contribution is -0.122. The largest absolute Gasteiger partial charge is 0.483 e. The number of fused-ring (bicyclic) bond motifs is 1. The van der Waals surface area contributed by atoms with Crippen molar-refractivity contribution in [2.75, 3.05) is 29.7 Å². The summed E-state index contributed by atoms with van der Waals surface area (Å²) in [7, 11) is -3.82. The molecule has 2 heterocycles. The van der Waals surface area contributed by atoms with Crippen molar-refractivity contribution in [3.05, 3.63) is 97.2 Å². The summed E-state index contributed by atoms with van der Waals surface area (Å²) >= 11 is 0. The summed E-state index contributed by atoms with van der Waals surface area (Å²) in [6, 6.07) is 21.8. The van der Waals surface area contributed by atoms with Crippen LogP contribution in [0.1, 0.15) is 13.8 Å². The van der Waals surface area contributed by atoms with E-state index in [0.29, 0.717) is 11.5 Å². The van der Waals surface area contributed by atoms with E-state index in [9.17, 15) is 12.8 Å². The van der Waals surface area contributed by atoms with Crippen LogP contribution < -0.4 is 10.0 Å². The number of hydrogen-bond acceptors (Lipinski definition) is 7. The number of carbonyl (C=O) groups is 1. The van der Waals surface area contributed by atoms with Gasteiger partial charge in [0.15, 0.2) is 0 Å². The summed E-state index contributed by atoms with van der Waals surface area (Å²) in [6.45, 7) is 8.17. The fourth-order valence-corrected chi connectivity index (χ4v) is 5.58. The van der Waals surface area contributed by atoms with Crippen LogP contribution >= 0.6 is 0 Å². The van der Waals surface area contributed by atoms with Crippen LogP contribution in [0, 0.1) is 5.82 Å². The second-order valence-electron chi connectivity index (χ2n) is 9.47. The maximum absolute atomic E-state index is 13.1. The summed E-state index contributed by atoms with van der Waals surface area (Å²) in [4.78, 5) is 19.6. The number of aromatic nitrogens is 3. The first-order valence-electron chi connectivity index (χ1n) is 13.6. The third kappa shape index (κ3) is 8.15. The van der Waals surface area contributed by atoms with Crippen LogP contribution in [-0.2, 0) is 21.4 Å². The van der Waals surface area contributed by atoms with Crippen LogP contribution in [-0.4, -0.2) is 59.1 Å². The third-order valence-corrected chi connectivity index (χ3v) is 8.22. The standard InChI is InChI=1S/C30H31FN6O2S.CH2O2/c1-3-36(4-2)17-18-37-16-15-23-19-22(5-14-29(23)37)28-20-30(33-21-32-28)34-25-8-10-26(11-9-25)35-40(38,39)27-12-6-24(31)7-13-27;2-1-3/h5-16,19-21,35H,3-4,17-18H2,1-2H3,(H,32,33,34);1H,(H,2,3). The van der Waals surface area contributed by atoms with Crippen LogP contribution in [0.5, 0.6) is 0 Å². The molecule has 5 rings (SSSR count). The number of halogens is 1. The highest BCUT2D eigenvalue weighted by atomic mass is 32.2. The molecule has 224 valence electrons. The van der Waals surface area contributed by atoms with Crippen molar-refractivity contribution in [3.63, 3.8) is 0 Å². The average Bonchev–Trinajstić information content (AvgIpc) is 3.41. The molecule has 3 aromatic carbocycles. The third-order valence-electron chi connectivity index (χ3n) is 6.82. The summed E-state index contributed by atoms with van der Waals surface area (Å²) in [5, 5.41) is 11.3. The number of rotatable bonds is 11. The van der Waals surface area contributed by atoms with Gasteiger partial charge in [-0.2, -0.15) is 0 Å². The minimum atomic E-state index is -3.82. The molecule has 0 saturated carbocycles. The van der Waals surface area contributed by atoms with E-state index in [1.165, 1.54) is 24.0 Å². The van der Waals surface area contributed by atoms with Gasteiger partial charge < -0.3 is 19.9 Å². The summed E-state index contributed by atoms with van der Waals surface area (Å²) in [5.74, 6) is 0.116. The van der Waals surface area contributed by atoms with Crippen molar-refractivity contribution in [2.24, 2.45) is 0 Å². The molecule has 3 N–H and O–H groups in total. The number of nitrogens with zero attached hydrogens (tertiary/aromatic N) is 4. The number of nitrogens with one attached hydrogen (secondary N) is 2. The van der Waals surface area contributed by atoms with Gasteiger partial charge in [0.25, 0.3) is 16.5 Å². The first kappa shape index (κ1) is 31.1. The minimum absolute atomic E-state index is 0.0148. The quantitative estimate of drug-likeness (QED) is 0.161. The molecule has 10 nitrogen and oxygen atoms in total. The molecule has 0 saturated heterocycles. The number of hydrogen-bond donors (Lipinski definition) is 3. The van der Waals surface area contributed by atoms with Gasteiger partial charge >= 0.3 is 0 Å². The summed E-state index contributed by atoms with van der Waals surface area (Å²) < 4.78 is 43.1. The molecule has 0 aliphatic rings. The highest BCUT2D eigenvalue weighted by molar-refractivity contribution is 7.92. The van der Waals surface area contributed by atoms with Gasteiger partial charge in [0, 0.05) is 53.2 Å². The van der Waals surface area contributed by atoms with Gasteiger partial charge in [0.1, 0.15) is 18.0 Å². The SMILES string of the molecule is CCN(CC)CCn1ccc2cc(-c3cc(Nc4ccc(NS(=O)(=O)c5ccc(F)cc5)cc4)ncn3)ccc21.O=CO. The molecule has 0 fully saturated rings. The van der Waals surface area contributed by atoms with E-state index in [-0.39, 0.29) is 11.4 Å². The zero-order valence-corrected chi connectivity index (χ0v) is 24.6. The van der Waals surface area contributed by atoms with Crippen LogP contribution in [0.3, 0.4) is 0 Å². The Morgan fingerprint density at radius 2 is 1.60 bits per heavy atom. The van der Waals surface area contributed by atoms with Crippen molar-refractivity contribution < 1.29 is 22.7 Å². The van der Waals surface area contributed by atoms with E-state index in [1.807, 2.05) is 6.07 Å². The van der Waals surface area contributed by atoms with Gasteiger partial charge in [0.2, 0.25) is 0 Å². The molecule has 0 aliphatic heterocycles. The predicted octanol–water partition coefficient (Wildman–Crippen LogP) is 5.82. The summed E-state index contributed by atoms with van der Waals surface area (Å²) in [6.07, 6.45) is 3.65. The Kier molecular flexibility index (Phi) is 10.4. The Morgan fingerprint density at radius 3 is 2.28 bits per heavy atom. The molecule has 43 heavy (non-hydrogen) atoms. The molecule has 0 atom stereocenters. The lowest BCUT2D eigenvalue weighted by atomic mass is 10.1.